The molecule has 0 radical (unpaired) electrons. The Kier molecular flexibility index (Phi) is 8.05. The molecule has 2 aromatic rings. The molecule has 10 heteroatoms. The first kappa shape index (κ1) is 25.4. The van der Waals surface area contributed by atoms with E-state index in [1.807, 2.05) is 0 Å². The smallest absolute Gasteiger partial charge is 0.416 e. The van der Waals surface area contributed by atoms with E-state index in [1.165, 1.54) is 31.2 Å². The van der Waals surface area contributed by atoms with Crippen LogP contribution < -0.4 is 9.47 Å². The molecule has 1 saturated heterocycles. The summed E-state index contributed by atoms with van der Waals surface area (Å²) in [5.41, 5.74) is -0.887. The standard InChI is InChI=1S/C24H22ClF3N2O4/c1-15(22(31)19(14-29)23(32)30-11-3-2-4-12-30)33-17-6-8-18(9-7-17)34-21-10-5-16(13-20(21)25)24(26,27)28/h5-10,13,15,19H,2-4,11-12H2,1H3. The van der Waals surface area contributed by atoms with Crippen molar-refractivity contribution in [1.82, 2.24) is 4.90 Å². The highest BCUT2D eigenvalue weighted by Crippen LogP contribution is 2.36. The van der Waals surface area contributed by atoms with Gasteiger partial charge in [0.2, 0.25) is 5.91 Å². The van der Waals surface area contributed by atoms with E-state index in [1.54, 1.807) is 11.0 Å². The minimum Gasteiger partial charge on any atom is -0.483 e. The molecule has 0 spiro atoms. The topological polar surface area (TPSA) is 79.6 Å². The molecule has 2 atom stereocenters. The van der Waals surface area contributed by atoms with Crippen molar-refractivity contribution in [2.24, 2.45) is 5.92 Å². The SMILES string of the molecule is CC(Oc1ccc(Oc2ccc(C(F)(F)F)cc2Cl)cc1)C(=O)C(C#N)C(=O)N1CCCCC1. The maximum absolute atomic E-state index is 12.8. The summed E-state index contributed by atoms with van der Waals surface area (Å²) in [6, 6.07) is 10.5. The van der Waals surface area contributed by atoms with Gasteiger partial charge in [-0.3, -0.25) is 9.59 Å². The minimum absolute atomic E-state index is 0.0416. The van der Waals surface area contributed by atoms with E-state index >= 15 is 0 Å². The number of hydrogen-bond acceptors (Lipinski definition) is 5. The van der Waals surface area contributed by atoms with Crippen LogP contribution in [-0.4, -0.2) is 35.8 Å². The summed E-state index contributed by atoms with van der Waals surface area (Å²) < 4.78 is 49.4. The number of carbonyl (C=O) groups excluding carboxylic acids is 2. The summed E-state index contributed by atoms with van der Waals surface area (Å²) in [7, 11) is 0. The molecule has 1 aliphatic heterocycles. The largest absolute Gasteiger partial charge is 0.483 e. The number of hydrogen-bond donors (Lipinski definition) is 0. The number of rotatable bonds is 7. The lowest BCUT2D eigenvalue weighted by Gasteiger charge is -2.28. The summed E-state index contributed by atoms with van der Waals surface area (Å²) in [5.74, 6) is -1.95. The van der Waals surface area contributed by atoms with Crippen LogP contribution in [0.25, 0.3) is 0 Å². The highest BCUT2D eigenvalue weighted by molar-refractivity contribution is 6.32. The second kappa shape index (κ2) is 10.8. The third-order valence-corrected chi connectivity index (χ3v) is 5.65. The Hall–Kier alpha value is -3.25. The van der Waals surface area contributed by atoms with Gasteiger partial charge in [0.1, 0.15) is 17.2 Å². The van der Waals surface area contributed by atoms with Gasteiger partial charge in [-0.15, -0.1) is 0 Å². The summed E-state index contributed by atoms with van der Waals surface area (Å²) in [6.07, 6.45) is -2.86. The number of Topliss-reactive ketones (excluding diaryl/α,β-unsaturated/α-hetero) is 1. The van der Waals surface area contributed by atoms with Gasteiger partial charge >= 0.3 is 6.18 Å². The summed E-state index contributed by atoms with van der Waals surface area (Å²) in [5, 5.41) is 9.21. The summed E-state index contributed by atoms with van der Waals surface area (Å²) in [4.78, 5) is 26.8. The predicted molar refractivity (Wildman–Crippen MR) is 118 cm³/mol. The lowest BCUT2D eigenvalue weighted by atomic mass is 9.99. The number of nitriles is 1. The number of nitrogens with zero attached hydrogens (tertiary/aromatic N) is 2. The Labute approximate surface area is 199 Å². The number of ether oxygens (including phenoxy) is 2. The van der Waals surface area contributed by atoms with Crippen molar-refractivity contribution in [3.63, 3.8) is 0 Å². The quantitative estimate of drug-likeness (QED) is 0.465. The van der Waals surface area contributed by atoms with E-state index in [-0.39, 0.29) is 22.3 Å². The highest BCUT2D eigenvalue weighted by atomic mass is 35.5. The van der Waals surface area contributed by atoms with Crippen LogP contribution in [0.3, 0.4) is 0 Å². The number of ketones is 1. The average Bonchev–Trinajstić information content (AvgIpc) is 2.81. The van der Waals surface area contributed by atoms with Gasteiger partial charge in [0, 0.05) is 13.1 Å². The van der Waals surface area contributed by atoms with Crippen molar-refractivity contribution in [2.45, 2.75) is 38.5 Å². The fraction of sp³-hybridized carbons (Fsp3) is 0.375. The number of halogens is 4. The third-order valence-electron chi connectivity index (χ3n) is 5.35. The lowest BCUT2D eigenvalue weighted by Crippen LogP contribution is -2.44. The van der Waals surface area contributed by atoms with Crippen LogP contribution in [0.5, 0.6) is 17.2 Å². The van der Waals surface area contributed by atoms with Crippen molar-refractivity contribution in [3.05, 3.63) is 53.1 Å². The molecule has 2 aromatic carbocycles. The van der Waals surface area contributed by atoms with Gasteiger partial charge in [-0.25, -0.2) is 0 Å². The van der Waals surface area contributed by atoms with Gasteiger partial charge in [0.05, 0.1) is 16.7 Å². The maximum Gasteiger partial charge on any atom is 0.416 e. The van der Waals surface area contributed by atoms with Gasteiger partial charge in [-0.1, -0.05) is 11.6 Å². The first-order chi connectivity index (χ1) is 16.1. The number of piperidine rings is 1. The fourth-order valence-electron chi connectivity index (χ4n) is 3.51. The number of amides is 1. The molecule has 3 rings (SSSR count). The Balaban J connectivity index is 1.62. The van der Waals surface area contributed by atoms with E-state index in [9.17, 15) is 28.0 Å². The zero-order valence-corrected chi connectivity index (χ0v) is 19.0. The molecule has 1 fully saturated rings. The number of benzene rings is 2. The maximum atomic E-state index is 12.8. The van der Waals surface area contributed by atoms with Crippen LogP contribution in [0.4, 0.5) is 13.2 Å². The Bertz CT molecular complexity index is 1080. The predicted octanol–water partition coefficient (Wildman–Crippen LogP) is 5.64. The molecule has 1 aliphatic rings. The van der Waals surface area contributed by atoms with Crippen molar-refractivity contribution in [3.8, 4) is 23.3 Å². The summed E-state index contributed by atoms with van der Waals surface area (Å²) in [6.45, 7) is 2.52. The molecule has 0 aromatic heterocycles. The Morgan fingerprint density at radius 2 is 1.68 bits per heavy atom. The molecule has 0 saturated carbocycles. The Morgan fingerprint density at radius 3 is 2.24 bits per heavy atom. The first-order valence-corrected chi connectivity index (χ1v) is 11.0. The van der Waals surface area contributed by atoms with E-state index < -0.39 is 35.5 Å². The highest BCUT2D eigenvalue weighted by Gasteiger charge is 2.35. The van der Waals surface area contributed by atoms with Gasteiger partial charge in [-0.2, -0.15) is 18.4 Å². The molecule has 2 unspecified atom stereocenters. The van der Waals surface area contributed by atoms with Crippen LogP contribution in [0.15, 0.2) is 42.5 Å². The van der Waals surface area contributed by atoms with Crippen molar-refractivity contribution in [2.75, 3.05) is 13.1 Å². The van der Waals surface area contributed by atoms with Gasteiger partial charge in [0.15, 0.2) is 17.8 Å². The van der Waals surface area contributed by atoms with Crippen LogP contribution >= 0.6 is 11.6 Å². The molecule has 0 N–H and O–H groups in total. The molecule has 180 valence electrons. The van der Waals surface area contributed by atoms with Crippen LogP contribution in [0.1, 0.15) is 31.7 Å². The molecule has 0 bridgehead atoms. The lowest BCUT2D eigenvalue weighted by molar-refractivity contribution is -0.142. The normalized spacial score (nSPS) is 15.7. The number of alkyl halides is 3. The van der Waals surface area contributed by atoms with Crippen LogP contribution in [-0.2, 0) is 15.8 Å². The van der Waals surface area contributed by atoms with Crippen molar-refractivity contribution in [1.29, 1.82) is 5.26 Å². The molecular formula is C24H22ClF3N2O4. The van der Waals surface area contributed by atoms with Gasteiger partial charge in [-0.05, 0) is 68.7 Å². The monoisotopic (exact) mass is 494 g/mol. The second-order valence-electron chi connectivity index (χ2n) is 7.83. The number of carbonyl (C=O) groups is 2. The van der Waals surface area contributed by atoms with E-state index in [4.69, 9.17) is 21.1 Å². The number of likely N-dealkylation sites (tertiary alicyclic amines) is 1. The zero-order chi connectivity index (χ0) is 24.9. The second-order valence-corrected chi connectivity index (χ2v) is 8.23. The van der Waals surface area contributed by atoms with Gasteiger partial charge in [0.25, 0.3) is 0 Å². The minimum atomic E-state index is -4.52. The molecule has 1 amide bonds. The van der Waals surface area contributed by atoms with Crippen molar-refractivity contribution < 1.29 is 32.2 Å². The van der Waals surface area contributed by atoms with Gasteiger partial charge < -0.3 is 14.4 Å². The third kappa shape index (κ3) is 6.20. The van der Waals surface area contributed by atoms with E-state index in [0.29, 0.717) is 13.1 Å². The molecule has 1 heterocycles. The molecular weight excluding hydrogens is 473 g/mol. The van der Waals surface area contributed by atoms with Crippen molar-refractivity contribution >= 4 is 23.3 Å². The van der Waals surface area contributed by atoms with Crippen LogP contribution in [0.2, 0.25) is 5.02 Å². The molecule has 0 aliphatic carbocycles. The van der Waals surface area contributed by atoms with Crippen LogP contribution in [0, 0.1) is 17.2 Å². The molecule has 6 nitrogen and oxygen atoms in total. The van der Waals surface area contributed by atoms with E-state index in [0.717, 1.165) is 37.5 Å². The zero-order valence-electron chi connectivity index (χ0n) is 18.3. The average molecular weight is 495 g/mol. The summed E-state index contributed by atoms with van der Waals surface area (Å²) >= 11 is 5.90. The first-order valence-electron chi connectivity index (χ1n) is 10.6. The Morgan fingerprint density at radius 1 is 1.06 bits per heavy atom. The molecule has 34 heavy (non-hydrogen) atoms. The van der Waals surface area contributed by atoms with E-state index in [2.05, 4.69) is 0 Å². The fourth-order valence-corrected chi connectivity index (χ4v) is 3.73.